The minimum Gasteiger partial charge on any atom is -0.493 e. The van der Waals surface area contributed by atoms with Crippen LogP contribution in [0.4, 0.5) is 8.78 Å². The van der Waals surface area contributed by atoms with Crippen LogP contribution in [0.25, 0.3) is 6.08 Å². The molecule has 0 spiro atoms. The molecule has 1 N–H and O–H groups in total. The van der Waals surface area contributed by atoms with Crippen molar-refractivity contribution in [1.82, 2.24) is 20.0 Å². The van der Waals surface area contributed by atoms with Crippen LogP contribution in [-0.2, 0) is 12.8 Å². The molecule has 0 bridgehead atoms. The van der Waals surface area contributed by atoms with Crippen molar-refractivity contribution in [3.63, 3.8) is 0 Å². The molecule has 2 fully saturated rings. The lowest BCUT2D eigenvalue weighted by molar-refractivity contribution is 0.0434. The third-order valence-electron chi connectivity index (χ3n) is 14.3. The van der Waals surface area contributed by atoms with Crippen molar-refractivity contribution < 1.29 is 27.7 Å². The number of fused-ring (bicyclic) bond motifs is 4. The lowest BCUT2D eigenvalue weighted by Crippen LogP contribution is -2.47. The number of benzene rings is 5. The summed E-state index contributed by atoms with van der Waals surface area (Å²) in [5.74, 6) is 4.20. The summed E-state index contributed by atoms with van der Waals surface area (Å²) in [6, 6.07) is 33.2. The highest BCUT2D eigenvalue weighted by Gasteiger charge is 2.40. The molecule has 5 aromatic carbocycles. The second-order valence-electron chi connectivity index (χ2n) is 17.9. The Balaban J connectivity index is 0.000000179. The Bertz CT molecular complexity index is 2290. The Morgan fingerprint density at radius 1 is 0.662 bits per heavy atom. The topological polar surface area (TPSA) is 58.7 Å². The van der Waals surface area contributed by atoms with Gasteiger partial charge < -0.3 is 24.3 Å². The second-order valence-corrected chi connectivity index (χ2v) is 17.9. The van der Waals surface area contributed by atoms with E-state index in [0.29, 0.717) is 23.9 Å². The highest BCUT2D eigenvalue weighted by molar-refractivity contribution is 5.51. The SMILES string of the molecule is CC[C@H]1CN2CCc3cc(OC)c(OC)cc3[C@@H]2C[C@@H]1C[C@H]1NCCc2cc(OC)c(OC)cc21.Fc1ccc(C(c2ccc(F)cc2)N2CCN(C/C=C/c3ccccc3)CC2)cc1. The number of piperazine rings is 1. The Labute approximate surface area is 385 Å². The molecule has 4 atom stereocenters. The fraction of sp³-hybridized carbons (Fsp3) is 0.418. The molecule has 5 aromatic rings. The van der Waals surface area contributed by atoms with Crippen LogP contribution in [0.15, 0.2) is 109 Å². The molecule has 0 saturated carbocycles. The number of ether oxygens (including phenoxy) is 4. The predicted molar refractivity (Wildman–Crippen MR) is 256 cm³/mol. The van der Waals surface area contributed by atoms with Gasteiger partial charge in [-0.1, -0.05) is 80.1 Å². The van der Waals surface area contributed by atoms with Gasteiger partial charge in [0.25, 0.3) is 0 Å². The van der Waals surface area contributed by atoms with E-state index in [0.717, 1.165) is 99.2 Å². The van der Waals surface area contributed by atoms with Crippen LogP contribution in [0.3, 0.4) is 0 Å². The Hall–Kier alpha value is -5.26. The molecule has 0 amide bonds. The maximum absolute atomic E-state index is 13.5. The van der Waals surface area contributed by atoms with Crippen molar-refractivity contribution in [3.05, 3.63) is 160 Å². The summed E-state index contributed by atoms with van der Waals surface area (Å²) in [6.07, 6.45) is 10.0. The van der Waals surface area contributed by atoms with Crippen LogP contribution in [-0.4, -0.2) is 95.5 Å². The Kier molecular flexibility index (Phi) is 15.5. The van der Waals surface area contributed by atoms with E-state index in [1.807, 2.05) is 42.5 Å². The molecule has 0 radical (unpaired) electrons. The van der Waals surface area contributed by atoms with Gasteiger partial charge in [-0.25, -0.2) is 8.78 Å². The highest BCUT2D eigenvalue weighted by atomic mass is 19.1. The van der Waals surface area contributed by atoms with Crippen molar-refractivity contribution in [1.29, 1.82) is 0 Å². The highest BCUT2D eigenvalue weighted by Crippen LogP contribution is 2.48. The third-order valence-corrected chi connectivity index (χ3v) is 14.3. The second kappa shape index (κ2) is 21.8. The molecule has 4 aliphatic heterocycles. The van der Waals surface area contributed by atoms with Crippen LogP contribution in [0.5, 0.6) is 23.0 Å². The quantitative estimate of drug-likeness (QED) is 0.126. The van der Waals surface area contributed by atoms with Crippen molar-refractivity contribution >= 4 is 6.08 Å². The number of hydrogen-bond donors (Lipinski definition) is 1. The van der Waals surface area contributed by atoms with Crippen LogP contribution in [0.1, 0.15) is 83.3 Å². The van der Waals surface area contributed by atoms with Gasteiger partial charge in [-0.15, -0.1) is 0 Å². The van der Waals surface area contributed by atoms with E-state index in [4.69, 9.17) is 18.9 Å². The molecule has 4 aliphatic rings. The summed E-state index contributed by atoms with van der Waals surface area (Å²) in [6.45, 7) is 10.3. The summed E-state index contributed by atoms with van der Waals surface area (Å²) in [5.41, 5.74) is 8.87. The first-order valence-electron chi connectivity index (χ1n) is 23.4. The zero-order chi connectivity index (χ0) is 45.3. The van der Waals surface area contributed by atoms with Gasteiger partial charge >= 0.3 is 0 Å². The van der Waals surface area contributed by atoms with Crippen molar-refractivity contribution in [2.75, 3.05) is 80.8 Å². The van der Waals surface area contributed by atoms with E-state index in [1.54, 1.807) is 28.4 Å². The van der Waals surface area contributed by atoms with E-state index in [1.165, 1.54) is 71.5 Å². The summed E-state index contributed by atoms with van der Waals surface area (Å²) < 4.78 is 49.4. The molecule has 65 heavy (non-hydrogen) atoms. The van der Waals surface area contributed by atoms with E-state index in [-0.39, 0.29) is 17.7 Å². The first-order valence-corrected chi connectivity index (χ1v) is 23.4. The molecular formula is C55H66F2N4O4. The van der Waals surface area contributed by atoms with Gasteiger partial charge in [0.05, 0.1) is 34.5 Å². The van der Waals surface area contributed by atoms with E-state index in [2.05, 4.69) is 75.5 Å². The maximum Gasteiger partial charge on any atom is 0.161 e. The minimum absolute atomic E-state index is 0.00629. The number of nitrogens with one attached hydrogen (secondary N) is 1. The lowest BCUT2D eigenvalue weighted by Gasteiger charge is -2.48. The Morgan fingerprint density at radius 2 is 1.23 bits per heavy atom. The molecule has 8 nitrogen and oxygen atoms in total. The van der Waals surface area contributed by atoms with Gasteiger partial charge in [0.2, 0.25) is 0 Å². The summed E-state index contributed by atoms with van der Waals surface area (Å²) in [4.78, 5) is 7.55. The number of rotatable bonds is 13. The van der Waals surface area contributed by atoms with Crippen LogP contribution < -0.4 is 24.3 Å². The molecule has 9 rings (SSSR count). The number of piperidine rings is 1. The molecule has 0 unspecified atom stereocenters. The number of halogens is 2. The van der Waals surface area contributed by atoms with Crippen LogP contribution in [0, 0.1) is 23.5 Å². The smallest absolute Gasteiger partial charge is 0.161 e. The molecular weight excluding hydrogens is 819 g/mol. The van der Waals surface area contributed by atoms with Crippen molar-refractivity contribution in [3.8, 4) is 23.0 Å². The molecule has 4 heterocycles. The Morgan fingerprint density at radius 3 is 1.82 bits per heavy atom. The van der Waals surface area contributed by atoms with Crippen LogP contribution >= 0.6 is 0 Å². The largest absolute Gasteiger partial charge is 0.493 e. The number of hydrogen-bond acceptors (Lipinski definition) is 8. The number of methoxy groups -OCH3 is 4. The predicted octanol–water partition coefficient (Wildman–Crippen LogP) is 10.3. The number of nitrogens with zero attached hydrogens (tertiary/aromatic N) is 3. The average Bonchev–Trinajstić information content (AvgIpc) is 3.35. The zero-order valence-electron chi connectivity index (χ0n) is 38.8. The first-order chi connectivity index (χ1) is 31.8. The summed E-state index contributed by atoms with van der Waals surface area (Å²) in [7, 11) is 6.90. The first kappa shape index (κ1) is 46.3. The van der Waals surface area contributed by atoms with Gasteiger partial charge in [-0.2, -0.15) is 0 Å². The lowest BCUT2D eigenvalue weighted by atomic mass is 9.72. The third kappa shape index (κ3) is 10.9. The van der Waals surface area contributed by atoms with Crippen molar-refractivity contribution in [2.45, 2.75) is 57.2 Å². The van der Waals surface area contributed by atoms with E-state index < -0.39 is 0 Å². The normalized spacial score (nSPS) is 21.2. The summed E-state index contributed by atoms with van der Waals surface area (Å²) >= 11 is 0. The van der Waals surface area contributed by atoms with E-state index in [9.17, 15) is 8.78 Å². The molecule has 0 aromatic heterocycles. The fourth-order valence-electron chi connectivity index (χ4n) is 10.7. The van der Waals surface area contributed by atoms with Gasteiger partial charge in [0, 0.05) is 57.9 Å². The van der Waals surface area contributed by atoms with Gasteiger partial charge in [-0.05, 0) is 132 Å². The fourth-order valence-corrected chi connectivity index (χ4v) is 10.7. The van der Waals surface area contributed by atoms with Crippen molar-refractivity contribution in [2.24, 2.45) is 11.8 Å². The van der Waals surface area contributed by atoms with E-state index >= 15 is 0 Å². The van der Waals surface area contributed by atoms with Gasteiger partial charge in [0.1, 0.15) is 11.6 Å². The summed E-state index contributed by atoms with van der Waals surface area (Å²) in [5, 5.41) is 3.83. The molecule has 344 valence electrons. The zero-order valence-corrected chi connectivity index (χ0v) is 38.8. The minimum atomic E-state index is -0.244. The van der Waals surface area contributed by atoms with Crippen LogP contribution in [0.2, 0.25) is 0 Å². The van der Waals surface area contributed by atoms with Gasteiger partial charge in [-0.3, -0.25) is 14.7 Å². The standard InChI is InChI=1S/C29H40N2O4.C26H26F2N2/c1-6-18-17-31-10-8-20-14-27(33-3)29(35-5)16-23(20)25(31)12-21(18)11-24-22-15-28(34-4)26(32-2)13-19(22)7-9-30-24;27-24-12-8-22(9-13-24)26(23-10-14-25(28)15-11-23)30-19-17-29(18-20-30)16-4-7-21-5-2-1-3-6-21/h13-16,18,21,24-25,30H,6-12,17H2,1-5H3;1-15,26H,16-20H2/b;7-4+/t18-,21-,24+,25-;/m0./s1. The molecule has 0 aliphatic carbocycles. The average molecular weight is 885 g/mol. The van der Waals surface area contributed by atoms with Gasteiger partial charge in [0.15, 0.2) is 23.0 Å². The molecule has 2 saturated heterocycles. The maximum atomic E-state index is 13.5. The molecule has 10 heteroatoms. The monoisotopic (exact) mass is 885 g/mol.